The van der Waals surface area contributed by atoms with Gasteiger partial charge in [0.1, 0.15) is 12.5 Å². The normalized spacial score (nSPS) is 12.2. The van der Waals surface area contributed by atoms with E-state index >= 15 is 0 Å². The second-order valence-electron chi connectivity index (χ2n) is 7.12. The van der Waals surface area contributed by atoms with Crippen molar-refractivity contribution in [2.45, 2.75) is 51.7 Å². The lowest BCUT2D eigenvalue weighted by Crippen LogP contribution is -2.33. The van der Waals surface area contributed by atoms with Crippen LogP contribution in [0.4, 0.5) is 5.69 Å². The Bertz CT molecular complexity index is 524. The quantitative estimate of drug-likeness (QED) is 0.248. The molecule has 6 heteroatoms. The van der Waals surface area contributed by atoms with Crippen molar-refractivity contribution in [3.8, 4) is 5.75 Å². The summed E-state index contributed by atoms with van der Waals surface area (Å²) in [6.07, 6.45) is 2.14. The number of hydrogen-bond donors (Lipinski definition) is 3. The van der Waals surface area contributed by atoms with E-state index in [9.17, 15) is 9.90 Å². The summed E-state index contributed by atoms with van der Waals surface area (Å²) in [7, 11) is 0. The minimum atomic E-state index is -0.705. The molecule has 0 aliphatic carbocycles. The van der Waals surface area contributed by atoms with Gasteiger partial charge in [-0.2, -0.15) is 0 Å². The zero-order valence-electron chi connectivity index (χ0n) is 15.1. The Morgan fingerprint density at radius 1 is 1.25 bits per heavy atom. The maximum absolute atomic E-state index is 10.7. The van der Waals surface area contributed by atoms with Crippen molar-refractivity contribution in [1.29, 1.82) is 0 Å². The number of hydrogen-bond acceptors (Lipinski definition) is 6. The van der Waals surface area contributed by atoms with Crippen LogP contribution in [0, 0.1) is 0 Å². The third kappa shape index (κ3) is 8.29. The number of benzene rings is 1. The lowest BCUT2D eigenvalue weighted by atomic mass is 10.0. The first-order valence-corrected chi connectivity index (χ1v) is 8.17. The highest BCUT2D eigenvalue weighted by Gasteiger charge is 2.20. The smallest absolute Gasteiger partial charge is 0.152 e. The van der Waals surface area contributed by atoms with Gasteiger partial charge in [-0.1, -0.05) is 0 Å². The number of nitrogens with two attached hydrogens (primary N) is 1. The van der Waals surface area contributed by atoms with E-state index in [1.165, 1.54) is 0 Å². The standard InChI is InChI=1S/C18H30N2O4/c1-17(2,22)8-10-24-18(3,4)7-9-20-13-23-15-6-5-14(12-21)16(19)11-15/h5-6,11-12,20,22H,7-10,13,19H2,1-4H3. The maximum atomic E-state index is 10.7. The van der Waals surface area contributed by atoms with Gasteiger partial charge < -0.3 is 20.3 Å². The summed E-state index contributed by atoms with van der Waals surface area (Å²) in [6, 6.07) is 4.98. The van der Waals surface area contributed by atoms with E-state index in [-0.39, 0.29) is 5.60 Å². The Labute approximate surface area is 144 Å². The van der Waals surface area contributed by atoms with Crippen LogP contribution in [0.25, 0.3) is 0 Å². The van der Waals surface area contributed by atoms with E-state index in [4.69, 9.17) is 15.2 Å². The van der Waals surface area contributed by atoms with Crippen molar-refractivity contribution < 1.29 is 19.4 Å². The van der Waals surface area contributed by atoms with Gasteiger partial charge in [0, 0.05) is 23.9 Å². The third-order valence-electron chi connectivity index (χ3n) is 3.64. The molecule has 1 rings (SSSR count). The molecule has 0 amide bonds. The van der Waals surface area contributed by atoms with Crippen LogP contribution >= 0.6 is 0 Å². The van der Waals surface area contributed by atoms with Crippen molar-refractivity contribution >= 4 is 12.0 Å². The molecule has 0 heterocycles. The van der Waals surface area contributed by atoms with Gasteiger partial charge >= 0.3 is 0 Å². The molecule has 0 atom stereocenters. The summed E-state index contributed by atoms with van der Waals surface area (Å²) in [5.41, 5.74) is 5.62. The van der Waals surface area contributed by atoms with E-state index in [2.05, 4.69) is 5.32 Å². The van der Waals surface area contributed by atoms with Gasteiger partial charge in [0.15, 0.2) is 6.29 Å². The molecular weight excluding hydrogens is 308 g/mol. The lowest BCUT2D eigenvalue weighted by Gasteiger charge is -2.27. The highest BCUT2D eigenvalue weighted by Crippen LogP contribution is 2.19. The number of nitrogens with one attached hydrogen (secondary N) is 1. The van der Waals surface area contributed by atoms with Gasteiger partial charge in [0.2, 0.25) is 0 Å². The van der Waals surface area contributed by atoms with Crippen LogP contribution in [0.2, 0.25) is 0 Å². The van der Waals surface area contributed by atoms with Gasteiger partial charge in [-0.3, -0.25) is 10.1 Å². The molecule has 0 bridgehead atoms. The fourth-order valence-electron chi connectivity index (χ4n) is 2.00. The van der Waals surface area contributed by atoms with Crippen molar-refractivity contribution in [2.75, 3.05) is 25.6 Å². The molecule has 0 aliphatic rings. The van der Waals surface area contributed by atoms with Crippen LogP contribution in [-0.2, 0) is 4.74 Å². The average Bonchev–Trinajstić information content (AvgIpc) is 2.45. The van der Waals surface area contributed by atoms with Crippen molar-refractivity contribution in [3.63, 3.8) is 0 Å². The van der Waals surface area contributed by atoms with Gasteiger partial charge in [-0.05, 0) is 52.7 Å². The van der Waals surface area contributed by atoms with E-state index in [1.54, 1.807) is 32.0 Å². The predicted octanol–water partition coefficient (Wildman–Crippen LogP) is 2.35. The Balaban J connectivity index is 2.23. The minimum absolute atomic E-state index is 0.270. The van der Waals surface area contributed by atoms with Gasteiger partial charge in [-0.25, -0.2) is 0 Å². The monoisotopic (exact) mass is 338 g/mol. The third-order valence-corrected chi connectivity index (χ3v) is 3.64. The summed E-state index contributed by atoms with van der Waals surface area (Å²) in [4.78, 5) is 10.7. The average molecular weight is 338 g/mol. The molecule has 1 aromatic carbocycles. The number of nitrogen functional groups attached to an aromatic ring is 1. The predicted molar refractivity (Wildman–Crippen MR) is 95.3 cm³/mol. The van der Waals surface area contributed by atoms with Crippen molar-refractivity contribution in [2.24, 2.45) is 0 Å². The summed E-state index contributed by atoms with van der Waals surface area (Å²) in [5.74, 6) is 0.617. The first-order chi connectivity index (χ1) is 11.1. The first kappa shape index (κ1) is 20.4. The first-order valence-electron chi connectivity index (χ1n) is 8.17. The van der Waals surface area contributed by atoms with Gasteiger partial charge in [-0.15, -0.1) is 0 Å². The topological polar surface area (TPSA) is 93.8 Å². The molecule has 1 aromatic rings. The second-order valence-corrected chi connectivity index (χ2v) is 7.12. The van der Waals surface area contributed by atoms with Gasteiger partial charge in [0.25, 0.3) is 0 Å². The number of carbonyl (C=O) groups is 1. The largest absolute Gasteiger partial charge is 0.478 e. The van der Waals surface area contributed by atoms with Crippen LogP contribution in [0.1, 0.15) is 50.9 Å². The summed E-state index contributed by atoms with van der Waals surface area (Å²) in [6.45, 7) is 9.21. The second kappa shape index (κ2) is 9.01. The zero-order valence-corrected chi connectivity index (χ0v) is 15.1. The highest BCUT2D eigenvalue weighted by atomic mass is 16.5. The molecule has 0 unspecified atom stereocenters. The molecule has 0 aromatic heterocycles. The Morgan fingerprint density at radius 2 is 1.96 bits per heavy atom. The Hall–Kier alpha value is -1.63. The van der Waals surface area contributed by atoms with Crippen LogP contribution in [0.5, 0.6) is 5.75 Å². The number of ether oxygens (including phenoxy) is 2. The van der Waals surface area contributed by atoms with E-state index in [0.717, 1.165) is 19.3 Å². The maximum Gasteiger partial charge on any atom is 0.152 e. The molecule has 0 aliphatic heterocycles. The molecule has 136 valence electrons. The fourth-order valence-corrected chi connectivity index (χ4v) is 2.00. The number of aldehydes is 1. The van der Waals surface area contributed by atoms with Crippen LogP contribution in [0.15, 0.2) is 18.2 Å². The molecule has 24 heavy (non-hydrogen) atoms. The summed E-state index contributed by atoms with van der Waals surface area (Å²) < 4.78 is 11.4. The molecule has 4 N–H and O–H groups in total. The van der Waals surface area contributed by atoms with Crippen LogP contribution in [0.3, 0.4) is 0 Å². The summed E-state index contributed by atoms with van der Waals surface area (Å²) in [5, 5.41) is 12.9. The number of anilines is 1. The lowest BCUT2D eigenvalue weighted by molar-refractivity contribution is -0.0498. The minimum Gasteiger partial charge on any atom is -0.478 e. The van der Waals surface area contributed by atoms with Crippen LogP contribution in [-0.4, -0.2) is 42.5 Å². The SMILES string of the molecule is CC(C)(O)CCOC(C)(C)CCNCOc1ccc(C=O)c(N)c1. The molecule has 0 saturated heterocycles. The molecule has 6 nitrogen and oxygen atoms in total. The Kier molecular flexibility index (Phi) is 7.66. The number of rotatable bonds is 11. The molecule has 0 saturated carbocycles. The molecular formula is C18H30N2O4. The fraction of sp³-hybridized carbons (Fsp3) is 0.611. The van der Waals surface area contributed by atoms with Crippen LogP contribution < -0.4 is 15.8 Å². The van der Waals surface area contributed by atoms with Gasteiger partial charge in [0.05, 0.1) is 17.8 Å². The number of carbonyl (C=O) groups excluding carboxylic acids is 1. The molecule has 0 spiro atoms. The molecule has 0 fully saturated rings. The highest BCUT2D eigenvalue weighted by molar-refractivity contribution is 5.83. The van der Waals surface area contributed by atoms with Crippen molar-refractivity contribution in [3.05, 3.63) is 23.8 Å². The summed E-state index contributed by atoms with van der Waals surface area (Å²) >= 11 is 0. The van der Waals surface area contributed by atoms with E-state index in [1.807, 2.05) is 13.8 Å². The van der Waals surface area contributed by atoms with Crippen molar-refractivity contribution in [1.82, 2.24) is 5.32 Å². The van der Waals surface area contributed by atoms with E-state index in [0.29, 0.717) is 36.8 Å². The Morgan fingerprint density at radius 3 is 2.54 bits per heavy atom. The zero-order chi connectivity index (χ0) is 18.2. The van der Waals surface area contributed by atoms with E-state index < -0.39 is 5.60 Å². The molecule has 0 radical (unpaired) electrons. The number of aliphatic hydroxyl groups is 1.